The highest BCUT2D eigenvalue weighted by Gasteiger charge is 2.51. The maximum Gasteiger partial charge on any atom is 0.187 e. The van der Waals surface area contributed by atoms with E-state index in [4.69, 9.17) is 37.9 Å². The van der Waals surface area contributed by atoms with Crippen LogP contribution >= 0.6 is 0 Å². The Balaban J connectivity index is 1.70. The topological polar surface area (TPSA) is 215 Å². The summed E-state index contributed by atoms with van der Waals surface area (Å²) in [6.45, 7) is 0.665. The van der Waals surface area contributed by atoms with Gasteiger partial charge in [-0.3, -0.25) is 0 Å². The van der Waals surface area contributed by atoms with Crippen LogP contribution in [0.2, 0.25) is 0 Å². The van der Waals surface area contributed by atoms with Crippen LogP contribution in [0.15, 0.2) is 0 Å². The Morgan fingerprint density at radius 1 is 0.583 bits per heavy atom. The van der Waals surface area contributed by atoms with Gasteiger partial charge in [0.05, 0.1) is 19.3 Å². The molecule has 7 N–H and O–H groups in total. The quantitative estimate of drug-likeness (QED) is 0.149. The van der Waals surface area contributed by atoms with Gasteiger partial charge in [-0.15, -0.1) is 0 Å². The first-order valence-corrected chi connectivity index (χ1v) is 11.6. The highest BCUT2D eigenvalue weighted by Crippen LogP contribution is 2.31. The lowest BCUT2D eigenvalue weighted by molar-refractivity contribution is -0.359. The lowest BCUT2D eigenvalue weighted by Crippen LogP contribution is -2.64. The first kappa shape index (κ1) is 29.9. The van der Waals surface area contributed by atoms with Gasteiger partial charge in [-0.25, -0.2) is 0 Å². The molecule has 36 heavy (non-hydrogen) atoms. The molecular weight excluding hydrogens is 492 g/mol. The van der Waals surface area contributed by atoms with Crippen LogP contribution in [-0.4, -0.2) is 162 Å². The second-order valence-electron chi connectivity index (χ2n) is 8.99. The van der Waals surface area contributed by atoms with Crippen molar-refractivity contribution < 1.29 is 73.6 Å². The molecule has 3 aliphatic heterocycles. The molecule has 3 fully saturated rings. The molecule has 15 heteroatoms. The van der Waals surface area contributed by atoms with Crippen LogP contribution in [0.25, 0.3) is 0 Å². The molecular formula is C21H38O15. The standard InChI is InChI=1S/C21H38O15/c1-7-16(10(23)13(26)19(30-3)33-7)36-21-15(28)11(24)17(29-2)9(35-21)6-32-18-8(5-22)34-20(31-4)14(27)12(18)25/h7-28H,5-6H2,1-4H3. The fraction of sp³-hybridized carbons (Fsp3) is 1.00. The van der Waals surface area contributed by atoms with Crippen LogP contribution < -0.4 is 0 Å². The van der Waals surface area contributed by atoms with E-state index >= 15 is 0 Å². The van der Waals surface area contributed by atoms with Crippen molar-refractivity contribution in [3.63, 3.8) is 0 Å². The Morgan fingerprint density at radius 3 is 1.64 bits per heavy atom. The SMILES string of the molecule is COC1OC(C)C(OC2OC(COC3C(CO)OC(OC)C(O)C3O)C(OC)C(O)C2O)C(O)C1O. The predicted molar refractivity (Wildman–Crippen MR) is 114 cm³/mol. The highest BCUT2D eigenvalue weighted by atomic mass is 16.7. The van der Waals surface area contributed by atoms with Crippen molar-refractivity contribution in [2.45, 2.75) is 99.0 Å². The second kappa shape index (κ2) is 13.0. The van der Waals surface area contributed by atoms with Gasteiger partial charge >= 0.3 is 0 Å². The van der Waals surface area contributed by atoms with Gasteiger partial charge in [0.1, 0.15) is 67.1 Å². The molecule has 0 saturated carbocycles. The van der Waals surface area contributed by atoms with Crippen molar-refractivity contribution in [2.75, 3.05) is 34.5 Å². The van der Waals surface area contributed by atoms with E-state index in [9.17, 15) is 35.7 Å². The van der Waals surface area contributed by atoms with Crippen LogP contribution in [0.4, 0.5) is 0 Å². The highest BCUT2D eigenvalue weighted by molar-refractivity contribution is 4.95. The van der Waals surface area contributed by atoms with E-state index < -0.39 is 98.7 Å². The molecule has 0 radical (unpaired) electrons. The van der Waals surface area contributed by atoms with Crippen LogP contribution in [0.3, 0.4) is 0 Å². The Hall–Kier alpha value is -0.600. The molecule has 3 heterocycles. The normalized spacial score (nSPS) is 50.2. The van der Waals surface area contributed by atoms with Gasteiger partial charge in [0.25, 0.3) is 0 Å². The van der Waals surface area contributed by atoms with Crippen LogP contribution in [0.1, 0.15) is 6.92 Å². The van der Waals surface area contributed by atoms with E-state index in [1.807, 2.05) is 0 Å². The lowest BCUT2D eigenvalue weighted by Gasteiger charge is -2.47. The summed E-state index contributed by atoms with van der Waals surface area (Å²) in [6.07, 6.45) is -19.1. The molecule has 0 bridgehead atoms. The zero-order valence-corrected chi connectivity index (χ0v) is 20.5. The van der Waals surface area contributed by atoms with Crippen molar-refractivity contribution in [3.05, 3.63) is 0 Å². The number of methoxy groups -OCH3 is 3. The molecule has 0 aliphatic carbocycles. The Bertz CT molecular complexity index is 669. The molecule has 3 rings (SSSR count). The van der Waals surface area contributed by atoms with Gasteiger partial charge in [-0.2, -0.15) is 0 Å². The number of ether oxygens (including phenoxy) is 8. The van der Waals surface area contributed by atoms with Crippen molar-refractivity contribution in [1.29, 1.82) is 0 Å². The van der Waals surface area contributed by atoms with E-state index in [-0.39, 0.29) is 6.61 Å². The van der Waals surface area contributed by atoms with Gasteiger partial charge in [-0.1, -0.05) is 0 Å². The fourth-order valence-electron chi connectivity index (χ4n) is 4.65. The fourth-order valence-corrected chi connectivity index (χ4v) is 4.65. The minimum atomic E-state index is -1.61. The summed E-state index contributed by atoms with van der Waals surface area (Å²) in [5.41, 5.74) is 0. The monoisotopic (exact) mass is 530 g/mol. The minimum Gasteiger partial charge on any atom is -0.394 e. The zero-order valence-electron chi connectivity index (χ0n) is 20.5. The third-order valence-electron chi connectivity index (χ3n) is 6.72. The second-order valence-corrected chi connectivity index (χ2v) is 8.99. The van der Waals surface area contributed by atoms with Gasteiger partial charge in [0, 0.05) is 21.3 Å². The third-order valence-corrected chi connectivity index (χ3v) is 6.72. The summed E-state index contributed by atoms with van der Waals surface area (Å²) in [5.74, 6) is 0. The molecule has 0 aromatic carbocycles. The van der Waals surface area contributed by atoms with Crippen molar-refractivity contribution in [1.82, 2.24) is 0 Å². The Morgan fingerprint density at radius 2 is 1.08 bits per heavy atom. The van der Waals surface area contributed by atoms with Crippen LogP contribution in [-0.2, 0) is 37.9 Å². The molecule has 3 saturated heterocycles. The molecule has 3 aliphatic rings. The van der Waals surface area contributed by atoms with Gasteiger partial charge in [-0.05, 0) is 6.92 Å². The summed E-state index contributed by atoms with van der Waals surface area (Å²) in [4.78, 5) is 0. The van der Waals surface area contributed by atoms with E-state index in [2.05, 4.69) is 0 Å². The van der Waals surface area contributed by atoms with E-state index in [0.717, 1.165) is 0 Å². The zero-order chi connectivity index (χ0) is 26.7. The molecule has 15 unspecified atom stereocenters. The Kier molecular flexibility index (Phi) is 10.8. The lowest BCUT2D eigenvalue weighted by atomic mass is 9.96. The molecule has 0 spiro atoms. The maximum absolute atomic E-state index is 10.6. The molecule has 15 atom stereocenters. The summed E-state index contributed by atoms with van der Waals surface area (Å²) >= 11 is 0. The smallest absolute Gasteiger partial charge is 0.187 e. The number of aliphatic hydroxyl groups is 7. The molecule has 15 nitrogen and oxygen atoms in total. The molecule has 0 amide bonds. The number of hydrogen-bond acceptors (Lipinski definition) is 15. The minimum absolute atomic E-state index is 0.345. The predicted octanol–water partition coefficient (Wildman–Crippen LogP) is -4.58. The van der Waals surface area contributed by atoms with Gasteiger partial charge < -0.3 is 73.6 Å². The van der Waals surface area contributed by atoms with E-state index in [1.165, 1.54) is 21.3 Å². The average molecular weight is 531 g/mol. The molecule has 212 valence electrons. The summed E-state index contributed by atoms with van der Waals surface area (Å²) in [6, 6.07) is 0. The van der Waals surface area contributed by atoms with Gasteiger partial charge in [0.15, 0.2) is 18.9 Å². The summed E-state index contributed by atoms with van der Waals surface area (Å²) in [5, 5.41) is 72.2. The third kappa shape index (κ3) is 6.01. The maximum atomic E-state index is 10.6. The van der Waals surface area contributed by atoms with Crippen LogP contribution in [0, 0.1) is 0 Å². The number of aliphatic hydroxyl groups excluding tert-OH is 7. The summed E-state index contributed by atoms with van der Waals surface area (Å²) in [7, 11) is 3.85. The van der Waals surface area contributed by atoms with E-state index in [1.54, 1.807) is 6.92 Å². The van der Waals surface area contributed by atoms with Crippen molar-refractivity contribution in [3.8, 4) is 0 Å². The van der Waals surface area contributed by atoms with Crippen LogP contribution in [0.5, 0.6) is 0 Å². The largest absolute Gasteiger partial charge is 0.394 e. The molecule has 0 aromatic heterocycles. The number of rotatable bonds is 9. The number of hydrogen-bond donors (Lipinski definition) is 7. The average Bonchev–Trinajstić information content (AvgIpc) is 2.87. The van der Waals surface area contributed by atoms with E-state index in [0.29, 0.717) is 0 Å². The Labute approximate surface area is 207 Å². The molecule has 0 aromatic rings. The first-order chi connectivity index (χ1) is 17.1. The van der Waals surface area contributed by atoms with Crippen molar-refractivity contribution in [2.24, 2.45) is 0 Å². The van der Waals surface area contributed by atoms with Gasteiger partial charge in [0.2, 0.25) is 0 Å². The van der Waals surface area contributed by atoms with Crippen molar-refractivity contribution >= 4 is 0 Å². The summed E-state index contributed by atoms with van der Waals surface area (Å²) < 4.78 is 43.3. The first-order valence-electron chi connectivity index (χ1n) is 11.6.